The molecule has 1 fully saturated rings. The van der Waals surface area contributed by atoms with E-state index in [2.05, 4.69) is 26.0 Å². The smallest absolute Gasteiger partial charge is 0.249 e. The fourth-order valence-corrected chi connectivity index (χ4v) is 3.06. The molecule has 1 aromatic carbocycles. The third-order valence-electron chi connectivity index (χ3n) is 4.53. The minimum atomic E-state index is -0.404. The van der Waals surface area contributed by atoms with Crippen LogP contribution < -0.4 is 4.90 Å². The minimum absolute atomic E-state index is 0.000746. The molecule has 0 aromatic heterocycles. The van der Waals surface area contributed by atoms with Crippen molar-refractivity contribution in [2.75, 3.05) is 18.0 Å². The lowest BCUT2D eigenvalue weighted by atomic mass is 9.91. The summed E-state index contributed by atoms with van der Waals surface area (Å²) in [5, 5.41) is 0. The van der Waals surface area contributed by atoms with E-state index in [9.17, 15) is 9.59 Å². The van der Waals surface area contributed by atoms with Gasteiger partial charge in [0, 0.05) is 25.2 Å². The number of benzene rings is 1. The van der Waals surface area contributed by atoms with Crippen molar-refractivity contribution in [2.45, 2.75) is 59.9 Å². The number of nitrogens with zero attached hydrogens (tertiary/aromatic N) is 2. The molecule has 24 heavy (non-hydrogen) atoms. The lowest BCUT2D eigenvalue weighted by Gasteiger charge is -2.40. The third kappa shape index (κ3) is 4.16. The summed E-state index contributed by atoms with van der Waals surface area (Å²) in [6.07, 6.45) is 0.466. The van der Waals surface area contributed by atoms with Gasteiger partial charge in [0.2, 0.25) is 11.8 Å². The molecule has 132 valence electrons. The zero-order chi connectivity index (χ0) is 18.1. The average Bonchev–Trinajstić information content (AvgIpc) is 2.48. The lowest BCUT2D eigenvalue weighted by molar-refractivity contribution is -0.142. The van der Waals surface area contributed by atoms with Crippen molar-refractivity contribution in [2.24, 2.45) is 5.41 Å². The quantitative estimate of drug-likeness (QED) is 0.845. The van der Waals surface area contributed by atoms with Crippen molar-refractivity contribution >= 4 is 17.5 Å². The van der Waals surface area contributed by atoms with Gasteiger partial charge in [-0.2, -0.15) is 0 Å². The van der Waals surface area contributed by atoms with E-state index in [0.29, 0.717) is 25.4 Å². The first-order valence-electron chi connectivity index (χ1n) is 8.81. The van der Waals surface area contributed by atoms with Gasteiger partial charge in [-0.25, -0.2) is 0 Å². The monoisotopic (exact) mass is 330 g/mol. The Hall–Kier alpha value is -1.84. The van der Waals surface area contributed by atoms with Gasteiger partial charge in [-0.15, -0.1) is 0 Å². The second kappa shape index (κ2) is 6.96. The summed E-state index contributed by atoms with van der Waals surface area (Å²) in [5.41, 5.74) is 2.11. The molecular weight excluding hydrogens is 300 g/mol. The summed E-state index contributed by atoms with van der Waals surface area (Å²) in [7, 11) is 0. The molecule has 2 rings (SSSR count). The maximum Gasteiger partial charge on any atom is 0.249 e. The van der Waals surface area contributed by atoms with Gasteiger partial charge in [0.05, 0.1) is 0 Å². The SMILES string of the molecule is CC(C)c1ccc(N2CCN(C(=O)CC(C)(C)C)C(C)C2=O)cc1. The molecule has 2 amide bonds. The van der Waals surface area contributed by atoms with Crippen molar-refractivity contribution in [3.63, 3.8) is 0 Å². The summed E-state index contributed by atoms with van der Waals surface area (Å²) < 4.78 is 0. The highest BCUT2D eigenvalue weighted by atomic mass is 16.2. The van der Waals surface area contributed by atoms with Crippen molar-refractivity contribution in [3.8, 4) is 0 Å². The van der Waals surface area contributed by atoms with E-state index >= 15 is 0 Å². The van der Waals surface area contributed by atoms with E-state index in [1.54, 1.807) is 9.80 Å². The second-order valence-electron chi connectivity index (χ2n) is 8.24. The second-order valence-corrected chi connectivity index (χ2v) is 8.24. The van der Waals surface area contributed by atoms with E-state index in [1.807, 2.05) is 39.8 Å². The van der Waals surface area contributed by atoms with Gasteiger partial charge in [-0.3, -0.25) is 9.59 Å². The van der Waals surface area contributed by atoms with E-state index in [1.165, 1.54) is 5.56 Å². The average molecular weight is 330 g/mol. The van der Waals surface area contributed by atoms with Crippen LogP contribution in [0.3, 0.4) is 0 Å². The Kier molecular flexibility index (Phi) is 5.36. The number of piperazine rings is 1. The fourth-order valence-electron chi connectivity index (χ4n) is 3.06. The topological polar surface area (TPSA) is 40.6 Å². The van der Waals surface area contributed by atoms with Crippen LogP contribution in [0.25, 0.3) is 0 Å². The molecule has 0 spiro atoms. The first kappa shape index (κ1) is 18.5. The Bertz CT molecular complexity index is 599. The molecule has 1 atom stereocenters. The molecule has 1 heterocycles. The normalized spacial score (nSPS) is 19.1. The molecule has 0 radical (unpaired) electrons. The predicted octanol–water partition coefficient (Wildman–Crippen LogP) is 3.81. The number of anilines is 1. The maximum atomic E-state index is 12.8. The van der Waals surface area contributed by atoms with Crippen molar-refractivity contribution in [3.05, 3.63) is 29.8 Å². The fraction of sp³-hybridized carbons (Fsp3) is 0.600. The number of rotatable bonds is 3. The lowest BCUT2D eigenvalue weighted by Crippen LogP contribution is -2.58. The first-order chi connectivity index (χ1) is 11.1. The number of carbonyl (C=O) groups excluding carboxylic acids is 2. The highest BCUT2D eigenvalue weighted by molar-refractivity contribution is 6.00. The van der Waals surface area contributed by atoms with Crippen LogP contribution in [-0.4, -0.2) is 35.8 Å². The Balaban J connectivity index is 2.10. The molecule has 4 nitrogen and oxygen atoms in total. The van der Waals surface area contributed by atoms with Crippen molar-refractivity contribution in [1.29, 1.82) is 0 Å². The Labute approximate surface area is 145 Å². The molecule has 1 aromatic rings. The number of hydrogen-bond donors (Lipinski definition) is 0. The van der Waals surface area contributed by atoms with E-state index in [4.69, 9.17) is 0 Å². The van der Waals surface area contributed by atoms with Crippen LogP contribution >= 0.6 is 0 Å². The van der Waals surface area contributed by atoms with Gasteiger partial charge in [-0.05, 0) is 36.0 Å². The highest BCUT2D eigenvalue weighted by Crippen LogP contribution is 2.26. The molecule has 1 aliphatic rings. The van der Waals surface area contributed by atoms with Gasteiger partial charge in [-0.1, -0.05) is 46.8 Å². The zero-order valence-electron chi connectivity index (χ0n) is 15.8. The molecule has 4 heteroatoms. The largest absolute Gasteiger partial charge is 0.329 e. The number of hydrogen-bond acceptors (Lipinski definition) is 2. The van der Waals surface area contributed by atoms with Gasteiger partial charge < -0.3 is 9.80 Å². The standard InChI is InChI=1S/C20H30N2O2/c1-14(2)16-7-9-17(10-8-16)22-12-11-21(15(3)19(22)24)18(23)13-20(4,5)6/h7-10,14-15H,11-13H2,1-6H3. The summed E-state index contributed by atoms with van der Waals surface area (Å²) in [5.74, 6) is 0.541. The van der Waals surface area contributed by atoms with Gasteiger partial charge >= 0.3 is 0 Å². The van der Waals surface area contributed by atoms with Gasteiger partial charge in [0.25, 0.3) is 0 Å². The summed E-state index contributed by atoms with van der Waals surface area (Å²) in [6, 6.07) is 7.77. The van der Waals surface area contributed by atoms with Crippen molar-refractivity contribution < 1.29 is 9.59 Å². The van der Waals surface area contributed by atoms with Gasteiger partial charge in [0.15, 0.2) is 0 Å². The Morgan fingerprint density at radius 2 is 1.75 bits per heavy atom. The van der Waals surface area contributed by atoms with E-state index in [0.717, 1.165) is 5.69 Å². The van der Waals surface area contributed by atoms with Crippen LogP contribution in [0.4, 0.5) is 5.69 Å². The minimum Gasteiger partial charge on any atom is -0.329 e. The molecule has 0 N–H and O–H groups in total. The van der Waals surface area contributed by atoms with Crippen LogP contribution in [0.5, 0.6) is 0 Å². The van der Waals surface area contributed by atoms with Crippen LogP contribution in [0.1, 0.15) is 59.4 Å². The van der Waals surface area contributed by atoms with E-state index < -0.39 is 6.04 Å². The predicted molar refractivity (Wildman–Crippen MR) is 98.1 cm³/mol. The Morgan fingerprint density at radius 3 is 2.25 bits per heavy atom. The molecular formula is C20H30N2O2. The molecule has 0 saturated carbocycles. The molecule has 0 aliphatic carbocycles. The number of carbonyl (C=O) groups is 2. The van der Waals surface area contributed by atoms with E-state index in [-0.39, 0.29) is 17.2 Å². The summed E-state index contributed by atoms with van der Waals surface area (Å²) in [6.45, 7) is 13.4. The summed E-state index contributed by atoms with van der Waals surface area (Å²) in [4.78, 5) is 28.8. The van der Waals surface area contributed by atoms with Crippen LogP contribution in [0, 0.1) is 5.41 Å². The highest BCUT2D eigenvalue weighted by Gasteiger charge is 2.35. The van der Waals surface area contributed by atoms with Gasteiger partial charge in [0.1, 0.15) is 6.04 Å². The maximum absolute atomic E-state index is 12.8. The number of amides is 2. The molecule has 1 unspecified atom stereocenters. The molecule has 0 bridgehead atoms. The molecule has 1 saturated heterocycles. The van der Waals surface area contributed by atoms with Crippen LogP contribution in [0.2, 0.25) is 0 Å². The first-order valence-corrected chi connectivity index (χ1v) is 8.81. The van der Waals surface area contributed by atoms with Crippen LogP contribution in [0.15, 0.2) is 24.3 Å². The zero-order valence-corrected chi connectivity index (χ0v) is 15.8. The Morgan fingerprint density at radius 1 is 1.17 bits per heavy atom. The summed E-state index contributed by atoms with van der Waals surface area (Å²) >= 11 is 0. The molecule has 1 aliphatic heterocycles. The van der Waals surface area contributed by atoms with Crippen molar-refractivity contribution in [1.82, 2.24) is 4.90 Å². The van der Waals surface area contributed by atoms with Crippen LogP contribution in [-0.2, 0) is 9.59 Å². The third-order valence-corrected chi connectivity index (χ3v) is 4.53.